The van der Waals surface area contributed by atoms with Crippen molar-refractivity contribution < 1.29 is 9.18 Å². The maximum atomic E-state index is 13.1. The van der Waals surface area contributed by atoms with Gasteiger partial charge in [0.1, 0.15) is 5.82 Å². The molecule has 144 valence electrons. The zero-order valence-electron chi connectivity index (χ0n) is 15.2. The molecule has 4 rings (SSSR count). The molecule has 0 unspecified atom stereocenters. The van der Waals surface area contributed by atoms with E-state index in [0.717, 1.165) is 30.0 Å². The summed E-state index contributed by atoms with van der Waals surface area (Å²) in [6.07, 6.45) is 0.842. The average Bonchev–Trinajstić information content (AvgIpc) is 3.06. The Morgan fingerprint density at radius 2 is 1.82 bits per heavy atom. The van der Waals surface area contributed by atoms with Gasteiger partial charge in [0.15, 0.2) is 5.82 Å². The van der Waals surface area contributed by atoms with Gasteiger partial charge in [-0.05, 0) is 48.4 Å². The normalized spacial score (nSPS) is 14.8. The van der Waals surface area contributed by atoms with E-state index < -0.39 is 0 Å². The first kappa shape index (κ1) is 18.5. The Kier molecular flexibility index (Phi) is 5.30. The van der Waals surface area contributed by atoms with Crippen LogP contribution in [0.3, 0.4) is 0 Å². The topological polar surface area (TPSA) is 52.2 Å². The van der Waals surface area contributed by atoms with Gasteiger partial charge >= 0.3 is 0 Å². The van der Waals surface area contributed by atoms with Crippen molar-refractivity contribution in [3.8, 4) is 11.3 Å². The van der Waals surface area contributed by atoms with Crippen LogP contribution in [0.4, 0.5) is 10.2 Å². The first-order valence-corrected chi connectivity index (χ1v) is 9.60. The molecule has 1 aromatic heterocycles. The summed E-state index contributed by atoms with van der Waals surface area (Å²) >= 11 is 6.18. The lowest BCUT2D eigenvalue weighted by molar-refractivity contribution is 0.0767. The highest BCUT2D eigenvalue weighted by atomic mass is 35.5. The standard InChI is InChI=1S/C21H20ClFN4O/c22-18-5-2-1-4-17(18)21(28)27-11-3-10-26(12-13-27)20-14-19(24-25-20)15-6-8-16(23)9-7-15/h1-2,4-9,14H,3,10-13H2,(H,24,25). The molecule has 0 radical (unpaired) electrons. The number of amides is 1. The summed E-state index contributed by atoms with van der Waals surface area (Å²) in [6, 6.07) is 15.4. The van der Waals surface area contributed by atoms with Crippen LogP contribution in [-0.4, -0.2) is 47.2 Å². The molecule has 0 bridgehead atoms. The maximum Gasteiger partial charge on any atom is 0.255 e. The Hall–Kier alpha value is -2.86. The summed E-state index contributed by atoms with van der Waals surface area (Å²) in [6.45, 7) is 2.77. The van der Waals surface area contributed by atoms with Crippen molar-refractivity contribution >= 4 is 23.3 Å². The second-order valence-electron chi connectivity index (χ2n) is 6.76. The van der Waals surface area contributed by atoms with Crippen molar-refractivity contribution in [1.29, 1.82) is 0 Å². The van der Waals surface area contributed by atoms with Gasteiger partial charge in [-0.3, -0.25) is 9.89 Å². The zero-order valence-corrected chi connectivity index (χ0v) is 16.0. The molecule has 1 fully saturated rings. The third kappa shape index (κ3) is 3.87. The number of nitrogens with one attached hydrogen (secondary N) is 1. The molecule has 2 aromatic carbocycles. The number of aromatic amines is 1. The van der Waals surface area contributed by atoms with Crippen molar-refractivity contribution in [1.82, 2.24) is 15.1 Å². The molecule has 5 nitrogen and oxygen atoms in total. The number of hydrogen-bond acceptors (Lipinski definition) is 3. The van der Waals surface area contributed by atoms with E-state index in [4.69, 9.17) is 11.6 Å². The predicted molar refractivity (Wildman–Crippen MR) is 108 cm³/mol. The predicted octanol–water partition coefficient (Wildman–Crippen LogP) is 4.22. The molecule has 3 aromatic rings. The lowest BCUT2D eigenvalue weighted by Crippen LogP contribution is -2.35. The van der Waals surface area contributed by atoms with Gasteiger partial charge in [0.05, 0.1) is 16.3 Å². The highest BCUT2D eigenvalue weighted by Gasteiger charge is 2.23. The van der Waals surface area contributed by atoms with Gasteiger partial charge in [-0.15, -0.1) is 0 Å². The fourth-order valence-electron chi connectivity index (χ4n) is 3.41. The van der Waals surface area contributed by atoms with Crippen LogP contribution < -0.4 is 4.90 Å². The van der Waals surface area contributed by atoms with Crippen LogP contribution in [0.15, 0.2) is 54.6 Å². The number of benzene rings is 2. The van der Waals surface area contributed by atoms with Crippen LogP contribution in [0.5, 0.6) is 0 Å². The van der Waals surface area contributed by atoms with Gasteiger partial charge in [0.2, 0.25) is 0 Å². The molecular formula is C21H20ClFN4O. The summed E-state index contributed by atoms with van der Waals surface area (Å²) in [7, 11) is 0. The van der Waals surface area contributed by atoms with Crippen LogP contribution in [0.25, 0.3) is 11.3 Å². The minimum Gasteiger partial charge on any atom is -0.353 e. The summed E-state index contributed by atoms with van der Waals surface area (Å²) in [5.74, 6) is 0.520. The first-order valence-electron chi connectivity index (χ1n) is 9.22. The van der Waals surface area contributed by atoms with E-state index in [1.54, 1.807) is 24.3 Å². The molecule has 2 heterocycles. The summed E-state index contributed by atoms with van der Waals surface area (Å²) in [4.78, 5) is 16.8. The Bertz CT molecular complexity index is 973. The summed E-state index contributed by atoms with van der Waals surface area (Å²) in [5.41, 5.74) is 2.25. The van der Waals surface area contributed by atoms with Crippen LogP contribution >= 0.6 is 11.6 Å². The lowest BCUT2D eigenvalue weighted by atomic mass is 10.1. The van der Waals surface area contributed by atoms with Crippen LogP contribution in [0, 0.1) is 5.82 Å². The maximum absolute atomic E-state index is 13.1. The SMILES string of the molecule is O=C(c1ccccc1Cl)N1CCCN(c2cc(-c3ccc(F)cc3)[nH]n2)CC1. The molecule has 7 heteroatoms. The number of nitrogens with zero attached hydrogens (tertiary/aromatic N) is 3. The minimum atomic E-state index is -0.265. The third-order valence-corrected chi connectivity index (χ3v) is 5.26. The van der Waals surface area contributed by atoms with Crippen molar-refractivity contribution in [3.63, 3.8) is 0 Å². The van der Waals surface area contributed by atoms with E-state index in [9.17, 15) is 9.18 Å². The summed E-state index contributed by atoms with van der Waals surface area (Å²) in [5, 5.41) is 7.90. The molecule has 0 atom stereocenters. The Balaban J connectivity index is 1.45. The van der Waals surface area contributed by atoms with Crippen LogP contribution in [0.2, 0.25) is 5.02 Å². The van der Waals surface area contributed by atoms with Crippen molar-refractivity contribution in [2.45, 2.75) is 6.42 Å². The molecular weight excluding hydrogens is 379 g/mol. The van der Waals surface area contributed by atoms with E-state index in [-0.39, 0.29) is 11.7 Å². The number of carbonyl (C=O) groups is 1. The zero-order chi connectivity index (χ0) is 19.5. The van der Waals surface area contributed by atoms with Gasteiger partial charge in [-0.2, -0.15) is 5.10 Å². The first-order chi connectivity index (χ1) is 13.6. The largest absolute Gasteiger partial charge is 0.353 e. The third-order valence-electron chi connectivity index (χ3n) is 4.93. The minimum absolute atomic E-state index is 0.0403. The Labute approximate surface area is 167 Å². The number of rotatable bonds is 3. The lowest BCUT2D eigenvalue weighted by Gasteiger charge is -2.22. The molecule has 1 saturated heterocycles. The fourth-order valence-corrected chi connectivity index (χ4v) is 3.62. The average molecular weight is 399 g/mol. The Morgan fingerprint density at radius 3 is 2.61 bits per heavy atom. The molecule has 0 spiro atoms. The van der Waals surface area contributed by atoms with Crippen LogP contribution in [-0.2, 0) is 0 Å². The number of carbonyl (C=O) groups excluding carboxylic acids is 1. The van der Waals surface area contributed by atoms with E-state index >= 15 is 0 Å². The molecule has 28 heavy (non-hydrogen) atoms. The van der Waals surface area contributed by atoms with Crippen molar-refractivity contribution in [2.75, 3.05) is 31.1 Å². The number of hydrogen-bond donors (Lipinski definition) is 1. The highest BCUT2D eigenvalue weighted by molar-refractivity contribution is 6.33. The fraction of sp³-hybridized carbons (Fsp3) is 0.238. The molecule has 1 N–H and O–H groups in total. The monoisotopic (exact) mass is 398 g/mol. The quantitative estimate of drug-likeness (QED) is 0.718. The van der Waals surface area contributed by atoms with Gasteiger partial charge in [-0.1, -0.05) is 23.7 Å². The second kappa shape index (κ2) is 8.02. The molecule has 1 amide bonds. The number of aromatic nitrogens is 2. The van der Waals surface area contributed by atoms with Gasteiger partial charge in [-0.25, -0.2) is 4.39 Å². The summed E-state index contributed by atoms with van der Waals surface area (Å²) < 4.78 is 13.1. The number of halogens is 2. The smallest absolute Gasteiger partial charge is 0.255 e. The second-order valence-corrected chi connectivity index (χ2v) is 7.17. The van der Waals surface area contributed by atoms with Gasteiger partial charge in [0, 0.05) is 32.2 Å². The van der Waals surface area contributed by atoms with E-state index in [0.29, 0.717) is 30.2 Å². The highest BCUT2D eigenvalue weighted by Crippen LogP contribution is 2.24. The van der Waals surface area contributed by atoms with Crippen molar-refractivity contribution in [2.24, 2.45) is 0 Å². The molecule has 0 saturated carbocycles. The van der Waals surface area contributed by atoms with Crippen molar-refractivity contribution in [3.05, 3.63) is 71.0 Å². The number of H-pyrrole nitrogens is 1. The number of anilines is 1. The van der Waals surface area contributed by atoms with Crippen LogP contribution in [0.1, 0.15) is 16.8 Å². The molecule has 1 aliphatic rings. The Morgan fingerprint density at radius 1 is 1.04 bits per heavy atom. The van der Waals surface area contributed by atoms with Gasteiger partial charge < -0.3 is 9.80 Å². The van der Waals surface area contributed by atoms with E-state index in [2.05, 4.69) is 15.1 Å². The van der Waals surface area contributed by atoms with E-state index in [1.165, 1.54) is 12.1 Å². The molecule has 1 aliphatic heterocycles. The van der Waals surface area contributed by atoms with Gasteiger partial charge in [0.25, 0.3) is 5.91 Å². The van der Waals surface area contributed by atoms with E-state index in [1.807, 2.05) is 23.1 Å². The molecule has 0 aliphatic carbocycles.